The maximum absolute atomic E-state index is 11.0. The molecule has 0 amide bonds. The maximum atomic E-state index is 11.0. The standard InChI is InChI=1S/C16H26O5/c1-5-14(17)8-7-9-19-12-16(3,4)13-20-10-11-21-15(18)6-2/h5-6H,1-2,7-13H2,3-4H3. The van der Waals surface area contributed by atoms with Crippen molar-refractivity contribution < 1.29 is 23.8 Å². The lowest BCUT2D eigenvalue weighted by Gasteiger charge is -2.24. The summed E-state index contributed by atoms with van der Waals surface area (Å²) < 4.78 is 15.8. The number of allylic oxidation sites excluding steroid dienone is 1. The Bertz CT molecular complexity index is 315. The first-order chi connectivity index (χ1) is 9.91. The van der Waals surface area contributed by atoms with Crippen LogP contribution in [-0.2, 0) is 23.8 Å². The van der Waals surface area contributed by atoms with Crippen molar-refractivity contribution in [2.45, 2.75) is 26.7 Å². The van der Waals surface area contributed by atoms with Crippen LogP contribution in [0.15, 0.2) is 25.3 Å². The number of carbonyl (C=O) groups excluding carboxylic acids is 2. The van der Waals surface area contributed by atoms with Gasteiger partial charge in [-0.25, -0.2) is 4.79 Å². The van der Waals surface area contributed by atoms with Crippen molar-refractivity contribution in [1.29, 1.82) is 0 Å². The number of esters is 1. The first-order valence-electron chi connectivity index (χ1n) is 7.01. The summed E-state index contributed by atoms with van der Waals surface area (Å²) in [6.45, 7) is 12.9. The van der Waals surface area contributed by atoms with E-state index in [1.54, 1.807) is 0 Å². The van der Waals surface area contributed by atoms with Crippen LogP contribution in [0.2, 0.25) is 0 Å². The smallest absolute Gasteiger partial charge is 0.330 e. The second-order valence-corrected chi connectivity index (χ2v) is 5.41. The van der Waals surface area contributed by atoms with E-state index in [2.05, 4.69) is 13.2 Å². The van der Waals surface area contributed by atoms with Gasteiger partial charge < -0.3 is 14.2 Å². The zero-order valence-electron chi connectivity index (χ0n) is 13.1. The molecule has 21 heavy (non-hydrogen) atoms. The SMILES string of the molecule is C=CC(=O)CCCOCC(C)(C)COCCOC(=O)C=C. The van der Waals surface area contributed by atoms with Crippen LogP contribution in [0.25, 0.3) is 0 Å². The van der Waals surface area contributed by atoms with Gasteiger partial charge in [-0.1, -0.05) is 27.0 Å². The van der Waals surface area contributed by atoms with Crippen LogP contribution < -0.4 is 0 Å². The van der Waals surface area contributed by atoms with Crippen LogP contribution in [0.5, 0.6) is 0 Å². The summed E-state index contributed by atoms with van der Waals surface area (Å²) in [6, 6.07) is 0. The first kappa shape index (κ1) is 19.5. The lowest BCUT2D eigenvalue weighted by atomic mass is 9.96. The highest BCUT2D eigenvalue weighted by atomic mass is 16.6. The Hall–Kier alpha value is -1.46. The number of carbonyl (C=O) groups is 2. The van der Waals surface area contributed by atoms with E-state index in [0.717, 1.165) is 6.08 Å². The third-order valence-corrected chi connectivity index (χ3v) is 2.56. The Morgan fingerprint density at radius 1 is 1.00 bits per heavy atom. The van der Waals surface area contributed by atoms with Gasteiger partial charge in [0.1, 0.15) is 6.61 Å². The number of hydrogen-bond acceptors (Lipinski definition) is 5. The van der Waals surface area contributed by atoms with Gasteiger partial charge in [0, 0.05) is 24.5 Å². The van der Waals surface area contributed by atoms with Crippen molar-refractivity contribution >= 4 is 11.8 Å². The summed E-state index contributed by atoms with van der Waals surface area (Å²) in [6.07, 6.45) is 3.61. The molecular formula is C16H26O5. The zero-order chi connectivity index (χ0) is 16.1. The number of rotatable bonds is 13. The van der Waals surface area contributed by atoms with E-state index in [-0.39, 0.29) is 17.8 Å². The fourth-order valence-electron chi connectivity index (χ4n) is 1.45. The van der Waals surface area contributed by atoms with Crippen molar-refractivity contribution in [2.24, 2.45) is 5.41 Å². The van der Waals surface area contributed by atoms with Gasteiger partial charge in [0.2, 0.25) is 0 Å². The number of ether oxygens (including phenoxy) is 3. The Labute approximate surface area is 126 Å². The van der Waals surface area contributed by atoms with Crippen LogP contribution in [0.4, 0.5) is 0 Å². The highest BCUT2D eigenvalue weighted by Gasteiger charge is 2.18. The molecule has 0 saturated heterocycles. The molecule has 120 valence electrons. The fraction of sp³-hybridized carbons (Fsp3) is 0.625. The van der Waals surface area contributed by atoms with Crippen LogP contribution in [0.1, 0.15) is 26.7 Å². The Kier molecular flexibility index (Phi) is 10.4. The molecule has 0 aliphatic carbocycles. The minimum Gasteiger partial charge on any atom is -0.460 e. The lowest BCUT2D eigenvalue weighted by Crippen LogP contribution is -2.27. The second-order valence-electron chi connectivity index (χ2n) is 5.41. The molecule has 0 aromatic rings. The van der Waals surface area contributed by atoms with E-state index in [4.69, 9.17) is 14.2 Å². The molecule has 0 N–H and O–H groups in total. The lowest BCUT2D eigenvalue weighted by molar-refractivity contribution is -0.139. The third-order valence-electron chi connectivity index (χ3n) is 2.56. The highest BCUT2D eigenvalue weighted by Crippen LogP contribution is 2.16. The molecule has 0 saturated carbocycles. The summed E-state index contributed by atoms with van der Waals surface area (Å²) in [5, 5.41) is 0. The second kappa shape index (κ2) is 11.2. The van der Waals surface area contributed by atoms with Gasteiger partial charge >= 0.3 is 5.97 Å². The minimum absolute atomic E-state index is 0.0373. The molecule has 0 rings (SSSR count). The molecule has 0 atom stereocenters. The average Bonchev–Trinajstić information content (AvgIpc) is 2.45. The van der Waals surface area contributed by atoms with Crippen LogP contribution >= 0.6 is 0 Å². The first-order valence-corrected chi connectivity index (χ1v) is 7.01. The molecule has 0 radical (unpaired) electrons. The number of ketones is 1. The summed E-state index contributed by atoms with van der Waals surface area (Å²) in [7, 11) is 0. The van der Waals surface area contributed by atoms with Crippen molar-refractivity contribution in [3.63, 3.8) is 0 Å². The van der Waals surface area contributed by atoms with E-state index in [1.165, 1.54) is 6.08 Å². The quantitative estimate of drug-likeness (QED) is 0.297. The van der Waals surface area contributed by atoms with Crippen molar-refractivity contribution in [3.05, 3.63) is 25.3 Å². The summed E-state index contributed by atoms with van der Waals surface area (Å²) >= 11 is 0. The van der Waals surface area contributed by atoms with Crippen molar-refractivity contribution in [2.75, 3.05) is 33.0 Å². The molecule has 0 aromatic heterocycles. The molecule has 0 spiro atoms. The summed E-state index contributed by atoms with van der Waals surface area (Å²) in [5.74, 6) is -0.412. The molecule has 0 heterocycles. The van der Waals surface area contributed by atoms with E-state index in [0.29, 0.717) is 39.3 Å². The van der Waals surface area contributed by atoms with Gasteiger partial charge in [-0.05, 0) is 12.5 Å². The Morgan fingerprint density at radius 3 is 2.19 bits per heavy atom. The highest BCUT2D eigenvalue weighted by molar-refractivity contribution is 5.88. The zero-order valence-corrected chi connectivity index (χ0v) is 13.1. The van der Waals surface area contributed by atoms with Gasteiger partial charge in [-0.15, -0.1) is 0 Å². The Balaban J connectivity index is 3.59. The largest absolute Gasteiger partial charge is 0.460 e. The molecular weight excluding hydrogens is 272 g/mol. The summed E-state index contributed by atoms with van der Waals surface area (Å²) in [5.41, 5.74) is -0.134. The Morgan fingerprint density at radius 2 is 1.62 bits per heavy atom. The van der Waals surface area contributed by atoms with Crippen LogP contribution in [0.3, 0.4) is 0 Å². The van der Waals surface area contributed by atoms with E-state index >= 15 is 0 Å². The van der Waals surface area contributed by atoms with Crippen LogP contribution in [-0.4, -0.2) is 44.8 Å². The molecule has 0 aromatic carbocycles. The monoisotopic (exact) mass is 298 g/mol. The van der Waals surface area contributed by atoms with E-state index in [9.17, 15) is 9.59 Å². The minimum atomic E-state index is -0.449. The van der Waals surface area contributed by atoms with Gasteiger partial charge in [0.25, 0.3) is 0 Å². The molecule has 0 fully saturated rings. The predicted molar refractivity (Wildman–Crippen MR) is 81.0 cm³/mol. The average molecular weight is 298 g/mol. The van der Waals surface area contributed by atoms with Crippen molar-refractivity contribution in [3.8, 4) is 0 Å². The molecule has 0 aliphatic heterocycles. The molecule has 5 heteroatoms. The van der Waals surface area contributed by atoms with Crippen LogP contribution in [0, 0.1) is 5.41 Å². The fourth-order valence-corrected chi connectivity index (χ4v) is 1.45. The van der Waals surface area contributed by atoms with E-state index in [1.807, 2.05) is 13.8 Å². The maximum Gasteiger partial charge on any atom is 0.330 e. The topological polar surface area (TPSA) is 61.8 Å². The number of hydrogen-bond donors (Lipinski definition) is 0. The predicted octanol–water partition coefficient (Wildman–Crippen LogP) is 2.31. The molecule has 0 aliphatic rings. The molecule has 5 nitrogen and oxygen atoms in total. The van der Waals surface area contributed by atoms with Gasteiger partial charge in [0.05, 0.1) is 19.8 Å². The third kappa shape index (κ3) is 12.0. The van der Waals surface area contributed by atoms with E-state index < -0.39 is 5.97 Å². The van der Waals surface area contributed by atoms with Gasteiger partial charge in [-0.2, -0.15) is 0 Å². The normalized spacial score (nSPS) is 11.0. The summed E-state index contributed by atoms with van der Waals surface area (Å²) in [4.78, 5) is 21.8. The molecule has 0 unspecified atom stereocenters. The van der Waals surface area contributed by atoms with Crippen molar-refractivity contribution in [1.82, 2.24) is 0 Å². The molecule has 0 bridgehead atoms. The van der Waals surface area contributed by atoms with Gasteiger partial charge in [0.15, 0.2) is 5.78 Å². The van der Waals surface area contributed by atoms with Gasteiger partial charge in [-0.3, -0.25) is 4.79 Å².